The fraction of sp³-hybridized carbons (Fsp3) is 0.538. The van der Waals surface area contributed by atoms with E-state index in [1.54, 1.807) is 0 Å². The van der Waals surface area contributed by atoms with E-state index in [0.717, 1.165) is 25.4 Å². The van der Waals surface area contributed by atoms with Gasteiger partial charge in [0.15, 0.2) is 0 Å². The van der Waals surface area contributed by atoms with Gasteiger partial charge < -0.3 is 15.4 Å². The predicted molar refractivity (Wildman–Crippen MR) is 67.7 cm³/mol. The van der Waals surface area contributed by atoms with Crippen LogP contribution in [0.1, 0.15) is 19.8 Å². The lowest BCUT2D eigenvalue weighted by Crippen LogP contribution is -2.39. The van der Waals surface area contributed by atoms with Gasteiger partial charge in [-0.05, 0) is 38.0 Å². The molecule has 0 amide bonds. The Balaban J connectivity index is 2.03. The van der Waals surface area contributed by atoms with Gasteiger partial charge in [-0.1, -0.05) is 6.07 Å². The number of nitrogens with two attached hydrogens (primary N) is 1. The molecule has 1 fully saturated rings. The van der Waals surface area contributed by atoms with Gasteiger partial charge in [-0.2, -0.15) is 0 Å². The molecule has 1 aliphatic heterocycles. The van der Waals surface area contributed by atoms with E-state index in [1.165, 1.54) is 18.5 Å². The van der Waals surface area contributed by atoms with Crippen LogP contribution in [-0.2, 0) is 4.74 Å². The van der Waals surface area contributed by atoms with Crippen LogP contribution in [0, 0.1) is 0 Å². The molecule has 3 heteroatoms. The van der Waals surface area contributed by atoms with E-state index in [2.05, 4.69) is 17.9 Å². The van der Waals surface area contributed by atoms with Gasteiger partial charge >= 0.3 is 0 Å². The molecule has 1 saturated heterocycles. The first-order chi connectivity index (χ1) is 7.79. The minimum Gasteiger partial charge on any atom is -0.399 e. The average molecular weight is 220 g/mol. The number of anilines is 2. The molecular weight excluding hydrogens is 200 g/mol. The van der Waals surface area contributed by atoms with Gasteiger partial charge in [-0.25, -0.2) is 0 Å². The zero-order valence-electron chi connectivity index (χ0n) is 9.86. The van der Waals surface area contributed by atoms with Gasteiger partial charge in [-0.3, -0.25) is 0 Å². The second-order valence-corrected chi connectivity index (χ2v) is 4.26. The van der Waals surface area contributed by atoms with Crippen molar-refractivity contribution >= 4 is 11.4 Å². The summed E-state index contributed by atoms with van der Waals surface area (Å²) in [6, 6.07) is 8.08. The first-order valence-corrected chi connectivity index (χ1v) is 6.01. The molecule has 0 spiro atoms. The van der Waals surface area contributed by atoms with Crippen LogP contribution >= 0.6 is 0 Å². The normalized spacial score (nSPS) is 21.1. The van der Waals surface area contributed by atoms with Gasteiger partial charge in [0.05, 0.1) is 6.10 Å². The van der Waals surface area contributed by atoms with E-state index in [0.29, 0.717) is 6.10 Å². The summed E-state index contributed by atoms with van der Waals surface area (Å²) >= 11 is 0. The topological polar surface area (TPSA) is 38.5 Å². The molecule has 3 nitrogen and oxygen atoms in total. The maximum absolute atomic E-state index is 5.80. The Morgan fingerprint density at radius 2 is 2.38 bits per heavy atom. The molecule has 88 valence electrons. The Morgan fingerprint density at radius 1 is 1.50 bits per heavy atom. The molecule has 0 saturated carbocycles. The molecule has 0 aliphatic carbocycles. The van der Waals surface area contributed by atoms with E-state index in [1.807, 2.05) is 18.2 Å². The van der Waals surface area contributed by atoms with Crippen molar-refractivity contribution in [2.45, 2.75) is 25.9 Å². The number of rotatable bonds is 3. The smallest absolute Gasteiger partial charge is 0.0750 e. The molecule has 1 aromatic rings. The molecule has 2 N–H and O–H groups in total. The molecule has 1 aromatic carbocycles. The highest BCUT2D eigenvalue weighted by Crippen LogP contribution is 2.22. The van der Waals surface area contributed by atoms with Gasteiger partial charge in [-0.15, -0.1) is 0 Å². The van der Waals surface area contributed by atoms with Gasteiger partial charge in [0.1, 0.15) is 0 Å². The third kappa shape index (κ3) is 2.67. The van der Waals surface area contributed by atoms with Crippen LogP contribution in [0.25, 0.3) is 0 Å². The van der Waals surface area contributed by atoms with Crippen LogP contribution in [0.5, 0.6) is 0 Å². The third-order valence-corrected chi connectivity index (χ3v) is 3.02. The van der Waals surface area contributed by atoms with Crippen LogP contribution in [-0.4, -0.2) is 25.8 Å². The van der Waals surface area contributed by atoms with Crippen molar-refractivity contribution in [2.24, 2.45) is 0 Å². The summed E-state index contributed by atoms with van der Waals surface area (Å²) in [5.74, 6) is 0. The van der Waals surface area contributed by atoms with Crippen molar-refractivity contribution in [3.05, 3.63) is 24.3 Å². The number of nitrogen functional groups attached to an aromatic ring is 1. The number of piperidine rings is 1. The monoisotopic (exact) mass is 220 g/mol. The Bertz CT molecular complexity index is 338. The van der Waals surface area contributed by atoms with Crippen LogP contribution in [0.4, 0.5) is 11.4 Å². The van der Waals surface area contributed by atoms with Crippen LogP contribution in [0.2, 0.25) is 0 Å². The zero-order chi connectivity index (χ0) is 11.4. The molecule has 16 heavy (non-hydrogen) atoms. The van der Waals surface area contributed by atoms with E-state index in [9.17, 15) is 0 Å². The summed E-state index contributed by atoms with van der Waals surface area (Å²) in [6.07, 6.45) is 2.74. The van der Waals surface area contributed by atoms with Crippen LogP contribution < -0.4 is 10.6 Å². The average Bonchev–Trinajstić information content (AvgIpc) is 2.30. The summed E-state index contributed by atoms with van der Waals surface area (Å²) < 4.78 is 5.69. The highest BCUT2D eigenvalue weighted by Gasteiger charge is 2.20. The SMILES string of the molecule is CCOC1CCCN(c2cccc(N)c2)C1. The molecule has 2 rings (SSSR count). The predicted octanol–water partition coefficient (Wildman–Crippen LogP) is 2.27. The lowest BCUT2D eigenvalue weighted by atomic mass is 10.1. The fourth-order valence-electron chi connectivity index (χ4n) is 2.27. The first kappa shape index (κ1) is 11.3. The summed E-state index contributed by atoms with van der Waals surface area (Å²) in [5.41, 5.74) is 7.84. The third-order valence-electron chi connectivity index (χ3n) is 3.02. The van der Waals surface area contributed by atoms with E-state index in [-0.39, 0.29) is 0 Å². The fourth-order valence-corrected chi connectivity index (χ4v) is 2.27. The zero-order valence-corrected chi connectivity index (χ0v) is 9.86. The van der Waals surface area contributed by atoms with Crippen molar-refractivity contribution in [3.8, 4) is 0 Å². The highest BCUT2D eigenvalue weighted by molar-refractivity contribution is 5.56. The van der Waals surface area contributed by atoms with Crippen molar-refractivity contribution in [3.63, 3.8) is 0 Å². The molecule has 0 aromatic heterocycles. The molecule has 1 unspecified atom stereocenters. The second-order valence-electron chi connectivity index (χ2n) is 4.26. The summed E-state index contributed by atoms with van der Waals surface area (Å²) in [4.78, 5) is 2.36. The van der Waals surface area contributed by atoms with E-state index in [4.69, 9.17) is 10.5 Å². The van der Waals surface area contributed by atoms with Gasteiger partial charge in [0, 0.05) is 31.1 Å². The number of nitrogens with zero attached hydrogens (tertiary/aromatic N) is 1. The molecule has 1 atom stereocenters. The van der Waals surface area contributed by atoms with Crippen molar-refractivity contribution in [2.75, 3.05) is 30.3 Å². The quantitative estimate of drug-likeness (QED) is 0.794. The minimum absolute atomic E-state index is 0.375. The first-order valence-electron chi connectivity index (χ1n) is 6.01. The molecule has 1 heterocycles. The standard InChI is InChI=1S/C13H20N2O/c1-2-16-13-7-4-8-15(10-13)12-6-3-5-11(14)9-12/h3,5-6,9,13H,2,4,7-8,10,14H2,1H3. The Kier molecular flexibility index (Phi) is 3.67. The molecule has 1 aliphatic rings. The van der Waals surface area contributed by atoms with E-state index < -0.39 is 0 Å². The Hall–Kier alpha value is -1.22. The van der Waals surface area contributed by atoms with Gasteiger partial charge in [0.2, 0.25) is 0 Å². The second kappa shape index (κ2) is 5.21. The molecule has 0 radical (unpaired) electrons. The number of benzene rings is 1. The van der Waals surface area contributed by atoms with Crippen LogP contribution in [0.3, 0.4) is 0 Å². The highest BCUT2D eigenvalue weighted by atomic mass is 16.5. The Morgan fingerprint density at radius 3 is 3.12 bits per heavy atom. The summed E-state index contributed by atoms with van der Waals surface area (Å²) in [5, 5.41) is 0. The van der Waals surface area contributed by atoms with Gasteiger partial charge in [0.25, 0.3) is 0 Å². The van der Waals surface area contributed by atoms with E-state index >= 15 is 0 Å². The Labute approximate surface area is 97.2 Å². The maximum Gasteiger partial charge on any atom is 0.0750 e. The number of hydrogen-bond acceptors (Lipinski definition) is 3. The lowest BCUT2D eigenvalue weighted by molar-refractivity contribution is 0.0527. The van der Waals surface area contributed by atoms with Crippen molar-refractivity contribution in [1.82, 2.24) is 0 Å². The van der Waals surface area contributed by atoms with Crippen LogP contribution in [0.15, 0.2) is 24.3 Å². The van der Waals surface area contributed by atoms with Crippen molar-refractivity contribution in [1.29, 1.82) is 0 Å². The minimum atomic E-state index is 0.375. The molecular formula is C13H20N2O. The van der Waals surface area contributed by atoms with Crippen molar-refractivity contribution < 1.29 is 4.74 Å². The lowest BCUT2D eigenvalue weighted by Gasteiger charge is -2.34. The summed E-state index contributed by atoms with van der Waals surface area (Å²) in [7, 11) is 0. The maximum atomic E-state index is 5.80. The largest absolute Gasteiger partial charge is 0.399 e. The number of hydrogen-bond donors (Lipinski definition) is 1. The molecule has 0 bridgehead atoms. The summed E-state index contributed by atoms with van der Waals surface area (Å²) in [6.45, 7) is 4.94. The number of ether oxygens (including phenoxy) is 1.